The first-order valence-corrected chi connectivity index (χ1v) is 8.42. The highest BCUT2D eigenvalue weighted by Gasteiger charge is 2.35. The van der Waals surface area contributed by atoms with Gasteiger partial charge < -0.3 is 37.2 Å². The molecule has 27 heavy (non-hydrogen) atoms. The highest BCUT2D eigenvalue weighted by atomic mass is 16.4. The van der Waals surface area contributed by atoms with E-state index in [4.69, 9.17) is 21.7 Å². The highest BCUT2D eigenvalue weighted by molar-refractivity contribution is 5.93. The summed E-state index contributed by atoms with van der Waals surface area (Å²) in [5.74, 6) is -3.83. The molecule has 0 aromatic carbocycles. The van der Waals surface area contributed by atoms with Gasteiger partial charge in [-0.05, 0) is 19.3 Å². The number of carboxylic acid groups (broad SMARTS) is 1. The number of aliphatic hydroxyl groups excluding tert-OH is 1. The monoisotopic (exact) mass is 387 g/mol. The molecule has 3 atom stereocenters. The Balaban J connectivity index is 2.55. The molecule has 12 nitrogen and oxygen atoms in total. The molecule has 1 aliphatic heterocycles. The van der Waals surface area contributed by atoms with Gasteiger partial charge in [0.25, 0.3) is 0 Å². The molecule has 0 spiro atoms. The average molecular weight is 387 g/mol. The predicted molar refractivity (Wildman–Crippen MR) is 90.8 cm³/mol. The van der Waals surface area contributed by atoms with Gasteiger partial charge in [0.1, 0.15) is 12.1 Å². The summed E-state index contributed by atoms with van der Waals surface area (Å²) in [5.41, 5.74) is 10.6. The van der Waals surface area contributed by atoms with E-state index in [2.05, 4.69) is 10.6 Å². The van der Waals surface area contributed by atoms with Gasteiger partial charge in [0, 0.05) is 13.0 Å². The zero-order valence-electron chi connectivity index (χ0n) is 14.7. The van der Waals surface area contributed by atoms with Gasteiger partial charge in [-0.3, -0.25) is 19.2 Å². The molecule has 0 saturated carbocycles. The molecule has 1 rings (SSSR count). The topological polar surface area (TPSA) is 205 Å². The molecular weight excluding hydrogens is 362 g/mol. The van der Waals surface area contributed by atoms with E-state index in [0.29, 0.717) is 12.8 Å². The number of nitrogens with zero attached hydrogens (tertiary/aromatic N) is 1. The lowest BCUT2D eigenvalue weighted by molar-refractivity contribution is -0.145. The summed E-state index contributed by atoms with van der Waals surface area (Å²) in [6.45, 7) is -0.895. The van der Waals surface area contributed by atoms with Gasteiger partial charge in [0.05, 0.1) is 19.2 Å². The fourth-order valence-corrected chi connectivity index (χ4v) is 2.62. The maximum atomic E-state index is 12.3. The van der Waals surface area contributed by atoms with Crippen molar-refractivity contribution in [1.29, 1.82) is 0 Å². The lowest BCUT2D eigenvalue weighted by Gasteiger charge is -2.25. The molecular formula is C15H25N5O7. The lowest BCUT2D eigenvalue weighted by Crippen LogP contribution is -2.53. The van der Waals surface area contributed by atoms with Crippen LogP contribution in [0.2, 0.25) is 0 Å². The molecule has 1 heterocycles. The van der Waals surface area contributed by atoms with Crippen LogP contribution in [0.1, 0.15) is 25.7 Å². The fourth-order valence-electron chi connectivity index (χ4n) is 2.62. The van der Waals surface area contributed by atoms with E-state index in [-0.39, 0.29) is 19.4 Å². The second-order valence-electron chi connectivity index (χ2n) is 6.16. The number of nitrogens with one attached hydrogen (secondary N) is 2. The second kappa shape index (κ2) is 10.4. The molecule has 1 saturated heterocycles. The second-order valence-corrected chi connectivity index (χ2v) is 6.16. The number of hydrogen-bond acceptors (Lipinski definition) is 7. The first kappa shape index (κ1) is 22.3. The number of carboxylic acids is 1. The predicted octanol–water partition coefficient (Wildman–Crippen LogP) is -3.75. The van der Waals surface area contributed by atoms with Crippen LogP contribution in [0.3, 0.4) is 0 Å². The Morgan fingerprint density at radius 3 is 2.44 bits per heavy atom. The SMILES string of the molecule is NC(=O)CCC(N)C(=O)NCC(=O)N1CCCC1C(=O)NC(CO)C(=O)O. The van der Waals surface area contributed by atoms with Crippen molar-refractivity contribution < 1.29 is 34.2 Å². The van der Waals surface area contributed by atoms with Crippen molar-refractivity contribution in [2.75, 3.05) is 19.7 Å². The van der Waals surface area contributed by atoms with Crippen LogP contribution < -0.4 is 22.1 Å². The van der Waals surface area contributed by atoms with Crippen LogP contribution in [0.5, 0.6) is 0 Å². The number of likely N-dealkylation sites (tertiary alicyclic amines) is 1. The summed E-state index contributed by atoms with van der Waals surface area (Å²) in [7, 11) is 0. The van der Waals surface area contributed by atoms with Crippen molar-refractivity contribution in [2.45, 2.75) is 43.8 Å². The van der Waals surface area contributed by atoms with Crippen LogP contribution in [-0.4, -0.2) is 82.5 Å². The number of amides is 4. The summed E-state index contributed by atoms with van der Waals surface area (Å²) < 4.78 is 0. The highest BCUT2D eigenvalue weighted by Crippen LogP contribution is 2.17. The van der Waals surface area contributed by atoms with Gasteiger partial charge in [-0.2, -0.15) is 0 Å². The Morgan fingerprint density at radius 1 is 1.22 bits per heavy atom. The van der Waals surface area contributed by atoms with Crippen molar-refractivity contribution in [2.24, 2.45) is 11.5 Å². The average Bonchev–Trinajstić information content (AvgIpc) is 3.11. The van der Waals surface area contributed by atoms with E-state index < -0.39 is 60.9 Å². The van der Waals surface area contributed by atoms with Crippen LogP contribution in [-0.2, 0) is 24.0 Å². The number of primary amides is 1. The Bertz CT molecular complexity index is 597. The molecule has 3 unspecified atom stereocenters. The van der Waals surface area contributed by atoms with Crippen LogP contribution in [0.4, 0.5) is 0 Å². The van der Waals surface area contributed by atoms with Gasteiger partial charge in [-0.15, -0.1) is 0 Å². The molecule has 0 bridgehead atoms. The molecule has 0 radical (unpaired) electrons. The normalized spacial score (nSPS) is 18.4. The van der Waals surface area contributed by atoms with E-state index in [9.17, 15) is 24.0 Å². The lowest BCUT2D eigenvalue weighted by atomic mass is 10.1. The standard InChI is InChI=1S/C15H25N5O7/c16-8(3-4-11(17)22)13(24)18-6-12(23)20-5-1-2-10(20)14(25)19-9(7-21)15(26)27/h8-10,21H,1-7,16H2,(H2,17,22)(H,18,24)(H,19,25)(H,26,27). The third-order valence-electron chi connectivity index (χ3n) is 4.13. The molecule has 152 valence electrons. The molecule has 4 amide bonds. The summed E-state index contributed by atoms with van der Waals surface area (Å²) in [5, 5.41) is 22.4. The molecule has 8 N–H and O–H groups in total. The smallest absolute Gasteiger partial charge is 0.328 e. The maximum absolute atomic E-state index is 12.3. The van der Waals surface area contributed by atoms with Crippen molar-refractivity contribution in [1.82, 2.24) is 15.5 Å². The zero-order chi connectivity index (χ0) is 20.6. The first-order chi connectivity index (χ1) is 12.7. The number of hydrogen-bond donors (Lipinski definition) is 6. The van der Waals surface area contributed by atoms with E-state index in [1.54, 1.807) is 0 Å². The summed E-state index contributed by atoms with van der Waals surface area (Å²) in [6.07, 6.45) is 0.850. The zero-order valence-corrected chi connectivity index (χ0v) is 14.7. The van der Waals surface area contributed by atoms with Crippen molar-refractivity contribution >= 4 is 29.6 Å². The van der Waals surface area contributed by atoms with Gasteiger partial charge >= 0.3 is 5.97 Å². The Labute approximate surface area is 155 Å². The molecule has 1 aliphatic rings. The van der Waals surface area contributed by atoms with E-state index in [0.717, 1.165) is 0 Å². The third kappa shape index (κ3) is 6.83. The summed E-state index contributed by atoms with van der Waals surface area (Å²) in [6, 6.07) is -3.34. The van der Waals surface area contributed by atoms with Crippen molar-refractivity contribution in [3.8, 4) is 0 Å². The Morgan fingerprint density at radius 2 is 1.89 bits per heavy atom. The van der Waals surface area contributed by atoms with Crippen LogP contribution >= 0.6 is 0 Å². The molecule has 1 fully saturated rings. The quantitative estimate of drug-likeness (QED) is 0.219. The summed E-state index contributed by atoms with van der Waals surface area (Å²) >= 11 is 0. The first-order valence-electron chi connectivity index (χ1n) is 8.42. The fraction of sp³-hybridized carbons (Fsp3) is 0.667. The van der Waals surface area contributed by atoms with Crippen LogP contribution in [0.25, 0.3) is 0 Å². The number of aliphatic carboxylic acids is 1. The van der Waals surface area contributed by atoms with Gasteiger partial charge in [-0.25, -0.2) is 4.79 Å². The molecule has 0 aromatic heterocycles. The van der Waals surface area contributed by atoms with Gasteiger partial charge in [0.15, 0.2) is 0 Å². The largest absolute Gasteiger partial charge is 0.480 e. The minimum absolute atomic E-state index is 0.0435. The number of nitrogens with two attached hydrogens (primary N) is 2. The third-order valence-corrected chi connectivity index (χ3v) is 4.13. The minimum atomic E-state index is -1.46. The molecule has 12 heteroatoms. The number of carbonyl (C=O) groups excluding carboxylic acids is 4. The number of rotatable bonds is 10. The van der Waals surface area contributed by atoms with Crippen LogP contribution in [0, 0.1) is 0 Å². The van der Waals surface area contributed by atoms with Crippen molar-refractivity contribution in [3.05, 3.63) is 0 Å². The van der Waals surface area contributed by atoms with E-state index in [1.807, 2.05) is 0 Å². The minimum Gasteiger partial charge on any atom is -0.480 e. The van der Waals surface area contributed by atoms with E-state index in [1.165, 1.54) is 4.90 Å². The Hall–Kier alpha value is -2.73. The van der Waals surface area contributed by atoms with Gasteiger partial charge in [-0.1, -0.05) is 0 Å². The number of carbonyl (C=O) groups is 5. The molecule has 0 aliphatic carbocycles. The van der Waals surface area contributed by atoms with Gasteiger partial charge in [0.2, 0.25) is 23.6 Å². The van der Waals surface area contributed by atoms with Crippen molar-refractivity contribution in [3.63, 3.8) is 0 Å². The van der Waals surface area contributed by atoms with E-state index >= 15 is 0 Å². The number of aliphatic hydroxyl groups is 1. The van der Waals surface area contributed by atoms with Crippen LogP contribution in [0.15, 0.2) is 0 Å². The Kier molecular flexibility index (Phi) is 8.62. The maximum Gasteiger partial charge on any atom is 0.328 e. The molecule has 0 aromatic rings. The summed E-state index contributed by atoms with van der Waals surface area (Å²) in [4.78, 5) is 59.1.